The molecule has 8 atom stereocenters. The minimum absolute atomic E-state index is 0.0104. The summed E-state index contributed by atoms with van der Waals surface area (Å²) in [4.78, 5) is 69.5. The van der Waals surface area contributed by atoms with E-state index in [1.165, 1.54) is 20.3 Å². The van der Waals surface area contributed by atoms with Gasteiger partial charge in [0.25, 0.3) is 5.92 Å². The fourth-order valence-electron chi connectivity index (χ4n) is 11.6. The van der Waals surface area contributed by atoms with Gasteiger partial charge in [-0.25, -0.2) is 14.6 Å². The first-order valence-electron chi connectivity index (χ1n) is 23.3. The van der Waals surface area contributed by atoms with Crippen molar-refractivity contribution in [2.24, 2.45) is 28.2 Å². The topological polar surface area (TPSA) is 170 Å². The molecule has 1 spiro atoms. The lowest BCUT2D eigenvalue weighted by atomic mass is 9.84. The van der Waals surface area contributed by atoms with Crippen LogP contribution >= 0.6 is 0 Å². The Morgan fingerprint density at radius 1 is 0.879 bits per heavy atom. The predicted octanol–water partition coefficient (Wildman–Crippen LogP) is 7.47. The Balaban J connectivity index is 0.873. The van der Waals surface area contributed by atoms with Gasteiger partial charge in [0, 0.05) is 29.3 Å². The highest BCUT2D eigenvalue weighted by molar-refractivity contribution is 5.98. The summed E-state index contributed by atoms with van der Waals surface area (Å²) in [5.74, 6) is -2.43. The number of amidine groups is 1. The first-order chi connectivity index (χ1) is 31.4. The van der Waals surface area contributed by atoms with E-state index in [0.717, 1.165) is 49.9 Å². The van der Waals surface area contributed by atoms with Crippen LogP contribution in [0.5, 0.6) is 0 Å². The normalized spacial score (nSPS) is 27.8. The number of allylic oxidation sites excluding steroid dienone is 2. The second kappa shape index (κ2) is 15.8. The molecule has 2 aromatic carbocycles. The number of fused-ring (bicyclic) bond motifs is 6. The molecule has 1 aromatic heterocycles. The highest BCUT2D eigenvalue weighted by Crippen LogP contribution is 2.59. The number of hydrogen-bond donors (Lipinski definition) is 4. The van der Waals surface area contributed by atoms with Gasteiger partial charge >= 0.3 is 12.2 Å². The highest BCUT2D eigenvalue weighted by atomic mass is 19.3. The van der Waals surface area contributed by atoms with Gasteiger partial charge in [-0.1, -0.05) is 64.1 Å². The van der Waals surface area contributed by atoms with Gasteiger partial charge < -0.3 is 40.2 Å². The van der Waals surface area contributed by atoms with Crippen LogP contribution in [0.15, 0.2) is 65.8 Å². The number of carbonyl (C=O) groups is 4. The van der Waals surface area contributed by atoms with E-state index in [2.05, 4.69) is 27.0 Å². The van der Waals surface area contributed by atoms with E-state index in [4.69, 9.17) is 19.5 Å². The zero-order valence-corrected chi connectivity index (χ0v) is 38.4. The third-order valence-electron chi connectivity index (χ3n) is 15.4. The molecule has 348 valence electrons. The lowest BCUT2D eigenvalue weighted by Crippen LogP contribution is -2.60. The number of nitrogens with one attached hydrogen (secondary N) is 4. The number of piperidine rings is 1. The minimum Gasteiger partial charge on any atom is -0.453 e. The van der Waals surface area contributed by atoms with Crippen LogP contribution in [0.1, 0.15) is 102 Å². The van der Waals surface area contributed by atoms with Crippen molar-refractivity contribution in [3.05, 3.63) is 83.3 Å². The van der Waals surface area contributed by atoms with Crippen LogP contribution < -0.4 is 16.0 Å². The smallest absolute Gasteiger partial charge is 0.407 e. The summed E-state index contributed by atoms with van der Waals surface area (Å²) in [6.45, 7) is 10.2. The van der Waals surface area contributed by atoms with E-state index in [1.54, 1.807) is 29.3 Å². The maximum atomic E-state index is 16.8. The van der Waals surface area contributed by atoms with Gasteiger partial charge in [-0.3, -0.25) is 14.6 Å². The molecule has 10 rings (SSSR count). The fraction of sp³-hybridized carbons (Fsp3) is 0.520. The lowest BCUT2D eigenvalue weighted by molar-refractivity contribution is -0.137. The number of aromatic nitrogens is 2. The molecule has 3 aromatic rings. The molecule has 0 radical (unpaired) electrons. The number of methoxy groups -OCH3 is 2. The van der Waals surface area contributed by atoms with Crippen molar-refractivity contribution < 1.29 is 37.4 Å². The van der Waals surface area contributed by atoms with Crippen molar-refractivity contribution in [3.63, 3.8) is 0 Å². The SMILES string of the molecule is COC(=O)NC(C(=O)N1C2CCC(C2)C1C1=NC2C=CC(c3ccc4c(c3)C(F)(F)c3cc(-c5cnc(C6CC7(CC7)CN6C(=O)[C@@H](NC(=O)OC)C(C)C)[nH]5)ccc3-4)=CC2(C)N1)C(C)C. The zero-order valence-electron chi connectivity index (χ0n) is 38.4. The molecule has 4 heterocycles. The van der Waals surface area contributed by atoms with Gasteiger partial charge in [-0.2, -0.15) is 8.78 Å². The van der Waals surface area contributed by atoms with Crippen LogP contribution in [0.3, 0.4) is 0 Å². The molecule has 7 unspecified atom stereocenters. The van der Waals surface area contributed by atoms with Crippen molar-refractivity contribution in [2.75, 3.05) is 20.8 Å². The van der Waals surface area contributed by atoms with Gasteiger partial charge in [0.15, 0.2) is 0 Å². The number of carbonyl (C=O) groups excluding carboxylic acids is 4. The average molecular weight is 905 g/mol. The number of hydrogen-bond acceptors (Lipinski definition) is 9. The molecule has 3 aliphatic heterocycles. The summed E-state index contributed by atoms with van der Waals surface area (Å²) in [5, 5.41) is 9.13. The van der Waals surface area contributed by atoms with Crippen molar-refractivity contribution in [1.29, 1.82) is 0 Å². The Hall–Kier alpha value is -6.06. The largest absolute Gasteiger partial charge is 0.453 e. The summed E-state index contributed by atoms with van der Waals surface area (Å²) >= 11 is 0. The number of aromatic amines is 1. The Labute approximate surface area is 383 Å². The van der Waals surface area contributed by atoms with Crippen LogP contribution in [-0.2, 0) is 25.0 Å². The monoisotopic (exact) mass is 904 g/mol. The Kier molecular flexibility index (Phi) is 10.5. The molecular formula is C50H58F2N8O6. The van der Waals surface area contributed by atoms with Crippen LogP contribution in [0, 0.1) is 23.2 Å². The van der Waals surface area contributed by atoms with Gasteiger partial charge in [0.1, 0.15) is 23.7 Å². The molecule has 4 fully saturated rings. The summed E-state index contributed by atoms with van der Waals surface area (Å²) in [6.07, 6.45) is 11.8. The van der Waals surface area contributed by atoms with E-state index < -0.39 is 35.7 Å². The van der Waals surface area contributed by atoms with E-state index in [-0.39, 0.29) is 70.3 Å². The Morgan fingerprint density at radius 2 is 1.52 bits per heavy atom. The number of benzene rings is 2. The maximum absolute atomic E-state index is 16.8. The van der Waals surface area contributed by atoms with Crippen molar-refractivity contribution >= 4 is 35.4 Å². The van der Waals surface area contributed by atoms with Gasteiger partial charge in [-0.05, 0) is 109 Å². The number of H-pyrrole nitrogens is 1. The summed E-state index contributed by atoms with van der Waals surface area (Å²) in [7, 11) is 2.55. The van der Waals surface area contributed by atoms with Crippen LogP contribution in [-0.4, -0.2) is 106 Å². The summed E-state index contributed by atoms with van der Waals surface area (Å²) < 4.78 is 43.2. The average Bonchev–Trinajstić information content (AvgIpc) is 3.92. The molecule has 14 nitrogen and oxygen atoms in total. The van der Waals surface area contributed by atoms with Gasteiger partial charge in [0.2, 0.25) is 11.8 Å². The summed E-state index contributed by atoms with van der Waals surface area (Å²) in [6, 6.07) is 7.99. The van der Waals surface area contributed by atoms with E-state index in [9.17, 15) is 19.2 Å². The second-order valence-electron chi connectivity index (χ2n) is 20.4. The number of aliphatic imine (C=N–C) groups is 1. The number of alkyl carbamates (subject to hydrolysis) is 2. The van der Waals surface area contributed by atoms with E-state index in [0.29, 0.717) is 40.3 Å². The number of likely N-dealkylation sites (tertiary alicyclic amines) is 2. The number of halogens is 2. The van der Waals surface area contributed by atoms with Gasteiger partial charge in [0.05, 0.1) is 49.8 Å². The van der Waals surface area contributed by atoms with Crippen LogP contribution in [0.4, 0.5) is 18.4 Å². The minimum atomic E-state index is -3.29. The Bertz CT molecular complexity index is 2620. The molecule has 7 aliphatic rings. The van der Waals surface area contributed by atoms with Crippen molar-refractivity contribution in [2.45, 2.75) is 121 Å². The third-order valence-corrected chi connectivity index (χ3v) is 15.4. The predicted molar refractivity (Wildman–Crippen MR) is 243 cm³/mol. The molecule has 4 N–H and O–H groups in total. The number of imidazole rings is 1. The van der Waals surface area contributed by atoms with Crippen LogP contribution in [0.25, 0.3) is 28.0 Å². The lowest BCUT2D eigenvalue weighted by Gasteiger charge is -2.39. The zero-order chi connectivity index (χ0) is 46.6. The second-order valence-corrected chi connectivity index (χ2v) is 20.4. The molecule has 16 heteroatoms. The quantitative estimate of drug-likeness (QED) is 0.162. The molecule has 2 saturated carbocycles. The molecule has 4 amide bonds. The number of nitrogens with zero attached hydrogens (tertiary/aromatic N) is 4. The van der Waals surface area contributed by atoms with E-state index in [1.807, 2.05) is 63.8 Å². The molecule has 66 heavy (non-hydrogen) atoms. The van der Waals surface area contributed by atoms with Crippen LogP contribution in [0.2, 0.25) is 0 Å². The van der Waals surface area contributed by atoms with Crippen molar-refractivity contribution in [3.8, 4) is 22.4 Å². The first kappa shape index (κ1) is 43.8. The third kappa shape index (κ3) is 7.16. The van der Waals surface area contributed by atoms with E-state index >= 15 is 8.78 Å². The first-order valence-corrected chi connectivity index (χ1v) is 23.3. The van der Waals surface area contributed by atoms with Gasteiger partial charge in [-0.15, -0.1) is 0 Å². The number of alkyl halides is 2. The standard InChI is InChI=1S/C50H58F2N8O6/c1-25(2)39(56-46(63)65-6)44(61)59-24-49(16-17-49)22-37(59)42-53-23-36(54-42)28-10-14-33-32-13-9-27(19-34(32)50(51,52)35(33)20-28)30-11-15-38-48(5,21-30)58-43(55-38)41-29-8-12-31(18-29)60(41)45(62)40(26(3)4)57-47(64)66-7/h9-11,13-15,19-21,23,25-26,29,31,37-41H,8,12,16-18,22,24H2,1-7H3,(H,53,54)(H,55,58)(H,56,63)(H,57,64)/t29?,31?,37?,38?,39-,40?,41?,48?/m0/s1. The summed E-state index contributed by atoms with van der Waals surface area (Å²) in [5.41, 5.74) is 2.69. The highest BCUT2D eigenvalue weighted by Gasteiger charge is 2.56. The number of rotatable bonds is 10. The number of amides is 4. The molecule has 2 saturated heterocycles. The molecular weight excluding hydrogens is 847 g/mol. The Morgan fingerprint density at radius 3 is 2.15 bits per heavy atom. The number of ether oxygens (including phenoxy) is 2. The fourth-order valence-corrected chi connectivity index (χ4v) is 11.6. The van der Waals surface area contributed by atoms with Crippen molar-refractivity contribution in [1.82, 2.24) is 35.7 Å². The molecule has 2 bridgehead atoms. The molecule has 4 aliphatic carbocycles. The maximum Gasteiger partial charge on any atom is 0.407 e.